The molecule has 29 heavy (non-hydrogen) atoms. The van der Waals surface area contributed by atoms with E-state index in [1.54, 1.807) is 17.0 Å². The Kier molecular flexibility index (Phi) is 7.16. The Morgan fingerprint density at radius 2 is 1.69 bits per heavy atom. The molecular weight excluding hydrogens is 412 g/mol. The van der Waals surface area contributed by atoms with Gasteiger partial charge in [0.25, 0.3) is 0 Å². The van der Waals surface area contributed by atoms with Crippen LogP contribution in [0.2, 0.25) is 5.02 Å². The zero-order chi connectivity index (χ0) is 20.9. The third-order valence-corrected chi connectivity index (χ3v) is 7.09. The van der Waals surface area contributed by atoms with Crippen molar-refractivity contribution in [2.24, 2.45) is 0 Å². The van der Waals surface area contributed by atoms with E-state index in [0.29, 0.717) is 37.6 Å². The van der Waals surface area contributed by atoms with Crippen molar-refractivity contribution in [2.45, 2.75) is 24.7 Å². The molecular formula is C21H25ClN2O4S. The fourth-order valence-electron chi connectivity index (χ4n) is 3.34. The molecule has 8 heteroatoms. The molecule has 1 saturated heterocycles. The van der Waals surface area contributed by atoms with Crippen molar-refractivity contribution in [3.8, 4) is 5.75 Å². The molecule has 2 aromatic carbocycles. The van der Waals surface area contributed by atoms with Gasteiger partial charge in [-0.05, 0) is 49.2 Å². The second kappa shape index (κ2) is 9.61. The highest BCUT2D eigenvalue weighted by atomic mass is 35.5. The molecule has 1 heterocycles. The highest BCUT2D eigenvalue weighted by molar-refractivity contribution is 7.89. The summed E-state index contributed by atoms with van der Waals surface area (Å²) in [4.78, 5) is 14.6. The van der Waals surface area contributed by atoms with Crippen molar-refractivity contribution in [1.29, 1.82) is 0 Å². The molecule has 1 aliphatic heterocycles. The summed E-state index contributed by atoms with van der Waals surface area (Å²) in [6, 6.07) is 13.9. The average molecular weight is 437 g/mol. The first-order valence-electron chi connectivity index (χ1n) is 9.66. The van der Waals surface area contributed by atoms with Gasteiger partial charge in [0.05, 0.1) is 11.5 Å². The fraction of sp³-hybridized carbons (Fsp3) is 0.381. The molecule has 0 aliphatic carbocycles. The van der Waals surface area contributed by atoms with Gasteiger partial charge < -0.3 is 9.64 Å². The summed E-state index contributed by atoms with van der Waals surface area (Å²) in [5, 5.41) is 0.491. The van der Waals surface area contributed by atoms with Gasteiger partial charge in [0, 0.05) is 37.6 Å². The SMILES string of the molecule is CCOc1ccccc1CCC(=O)N1CCN(S(=O)(=O)c2ccc(Cl)cc2)CC1. The lowest BCUT2D eigenvalue weighted by atomic mass is 10.1. The molecule has 1 aliphatic rings. The second-order valence-corrected chi connectivity index (χ2v) is 9.15. The van der Waals surface area contributed by atoms with E-state index >= 15 is 0 Å². The summed E-state index contributed by atoms with van der Waals surface area (Å²) >= 11 is 5.84. The number of piperazine rings is 1. The van der Waals surface area contributed by atoms with Crippen LogP contribution < -0.4 is 4.74 Å². The van der Waals surface area contributed by atoms with Crippen LogP contribution in [0.3, 0.4) is 0 Å². The smallest absolute Gasteiger partial charge is 0.243 e. The van der Waals surface area contributed by atoms with Crippen LogP contribution in [0.1, 0.15) is 18.9 Å². The van der Waals surface area contributed by atoms with E-state index < -0.39 is 10.0 Å². The van der Waals surface area contributed by atoms with Gasteiger partial charge in [-0.2, -0.15) is 4.31 Å². The number of hydrogen-bond acceptors (Lipinski definition) is 4. The molecule has 156 valence electrons. The second-order valence-electron chi connectivity index (χ2n) is 6.78. The zero-order valence-corrected chi connectivity index (χ0v) is 18.0. The molecule has 1 amide bonds. The number of carbonyl (C=O) groups excluding carboxylic acids is 1. The summed E-state index contributed by atoms with van der Waals surface area (Å²) in [5.41, 5.74) is 1.01. The van der Waals surface area contributed by atoms with Crippen LogP contribution in [-0.4, -0.2) is 56.3 Å². The first-order valence-corrected chi connectivity index (χ1v) is 11.5. The van der Waals surface area contributed by atoms with Crippen LogP contribution >= 0.6 is 11.6 Å². The normalized spacial score (nSPS) is 15.3. The lowest BCUT2D eigenvalue weighted by Crippen LogP contribution is -2.50. The van der Waals surface area contributed by atoms with Crippen LogP contribution in [0.5, 0.6) is 5.75 Å². The minimum absolute atomic E-state index is 0.0276. The van der Waals surface area contributed by atoms with Crippen molar-refractivity contribution in [1.82, 2.24) is 9.21 Å². The molecule has 3 rings (SSSR count). The average Bonchev–Trinajstić information content (AvgIpc) is 2.73. The number of sulfonamides is 1. The third kappa shape index (κ3) is 5.29. The minimum Gasteiger partial charge on any atom is -0.494 e. The Bertz CT molecular complexity index is 939. The Balaban J connectivity index is 1.55. The Morgan fingerprint density at radius 3 is 2.34 bits per heavy atom. The van der Waals surface area contributed by atoms with Crippen molar-refractivity contribution >= 4 is 27.5 Å². The Hall–Kier alpha value is -2.09. The predicted octanol–water partition coefficient (Wildman–Crippen LogP) is 3.20. The lowest BCUT2D eigenvalue weighted by Gasteiger charge is -2.34. The fourth-order valence-corrected chi connectivity index (χ4v) is 4.89. The Morgan fingerprint density at radius 1 is 1.03 bits per heavy atom. The highest BCUT2D eigenvalue weighted by Crippen LogP contribution is 2.22. The van der Waals surface area contributed by atoms with E-state index in [1.807, 2.05) is 31.2 Å². The van der Waals surface area contributed by atoms with Gasteiger partial charge in [0.2, 0.25) is 15.9 Å². The van der Waals surface area contributed by atoms with E-state index in [-0.39, 0.29) is 23.9 Å². The van der Waals surface area contributed by atoms with Gasteiger partial charge in [-0.3, -0.25) is 4.79 Å². The number of carbonyl (C=O) groups is 1. The van der Waals surface area contributed by atoms with Crippen molar-refractivity contribution in [3.63, 3.8) is 0 Å². The van der Waals surface area contributed by atoms with Gasteiger partial charge in [0.1, 0.15) is 5.75 Å². The number of benzene rings is 2. The maximum atomic E-state index is 12.8. The molecule has 0 aromatic heterocycles. The topological polar surface area (TPSA) is 66.9 Å². The molecule has 0 spiro atoms. The molecule has 0 unspecified atom stereocenters. The standard InChI is InChI=1S/C21H25ClN2O4S/c1-2-28-20-6-4-3-5-17(20)7-12-21(25)23-13-15-24(16-14-23)29(26,27)19-10-8-18(22)9-11-19/h3-6,8-11H,2,7,12-16H2,1H3. The zero-order valence-electron chi connectivity index (χ0n) is 16.4. The van der Waals surface area contributed by atoms with E-state index in [9.17, 15) is 13.2 Å². The molecule has 0 saturated carbocycles. The predicted molar refractivity (Wildman–Crippen MR) is 113 cm³/mol. The van der Waals surface area contributed by atoms with Gasteiger partial charge in [-0.15, -0.1) is 0 Å². The van der Waals surface area contributed by atoms with Crippen LogP contribution in [0.15, 0.2) is 53.4 Å². The molecule has 0 N–H and O–H groups in total. The molecule has 1 fully saturated rings. The van der Waals surface area contributed by atoms with Gasteiger partial charge >= 0.3 is 0 Å². The number of para-hydroxylation sites is 1. The number of ether oxygens (including phenoxy) is 1. The van der Waals surface area contributed by atoms with Crippen molar-refractivity contribution in [3.05, 3.63) is 59.1 Å². The quantitative estimate of drug-likeness (QED) is 0.668. The first-order chi connectivity index (χ1) is 13.9. The molecule has 0 bridgehead atoms. The van der Waals surface area contributed by atoms with E-state index in [1.165, 1.54) is 16.4 Å². The number of rotatable bonds is 7. The summed E-state index contributed by atoms with van der Waals surface area (Å²) < 4.78 is 32.5. The molecule has 2 aromatic rings. The minimum atomic E-state index is -3.57. The van der Waals surface area contributed by atoms with Crippen molar-refractivity contribution < 1.29 is 17.9 Å². The van der Waals surface area contributed by atoms with Gasteiger partial charge in [-0.25, -0.2) is 8.42 Å². The lowest BCUT2D eigenvalue weighted by molar-refractivity contribution is -0.132. The van der Waals surface area contributed by atoms with Gasteiger partial charge in [-0.1, -0.05) is 29.8 Å². The van der Waals surface area contributed by atoms with Gasteiger partial charge in [0.15, 0.2) is 0 Å². The summed E-state index contributed by atoms with van der Waals surface area (Å²) in [6.07, 6.45) is 0.965. The molecule has 0 radical (unpaired) electrons. The van der Waals surface area contributed by atoms with Crippen LogP contribution in [0.25, 0.3) is 0 Å². The number of amides is 1. The van der Waals surface area contributed by atoms with Crippen LogP contribution in [0, 0.1) is 0 Å². The van der Waals surface area contributed by atoms with E-state index in [2.05, 4.69) is 0 Å². The molecule has 6 nitrogen and oxygen atoms in total. The number of aryl methyl sites for hydroxylation is 1. The molecule has 0 atom stereocenters. The number of hydrogen-bond donors (Lipinski definition) is 0. The third-order valence-electron chi connectivity index (χ3n) is 4.92. The summed E-state index contributed by atoms with van der Waals surface area (Å²) in [5.74, 6) is 0.835. The van der Waals surface area contributed by atoms with E-state index in [0.717, 1.165) is 11.3 Å². The maximum absolute atomic E-state index is 12.8. The van der Waals surface area contributed by atoms with Crippen LogP contribution in [0.4, 0.5) is 0 Å². The highest BCUT2D eigenvalue weighted by Gasteiger charge is 2.30. The summed E-state index contributed by atoms with van der Waals surface area (Å²) in [7, 11) is -3.57. The summed E-state index contributed by atoms with van der Waals surface area (Å²) in [6.45, 7) is 3.85. The largest absolute Gasteiger partial charge is 0.494 e. The Labute approximate surface area is 177 Å². The van der Waals surface area contributed by atoms with E-state index in [4.69, 9.17) is 16.3 Å². The number of halogens is 1. The number of nitrogens with zero attached hydrogens (tertiary/aromatic N) is 2. The monoisotopic (exact) mass is 436 g/mol. The van der Waals surface area contributed by atoms with Crippen molar-refractivity contribution in [2.75, 3.05) is 32.8 Å². The first kappa shape index (κ1) is 21.6. The van der Waals surface area contributed by atoms with Crippen LogP contribution in [-0.2, 0) is 21.2 Å². The maximum Gasteiger partial charge on any atom is 0.243 e.